The molecule has 0 aliphatic heterocycles. The highest BCUT2D eigenvalue weighted by Gasteiger charge is 2.10. The number of nitrogens with zero attached hydrogens (tertiary/aromatic N) is 4. The van der Waals surface area contributed by atoms with Crippen LogP contribution in [-0.4, -0.2) is 47.6 Å². The van der Waals surface area contributed by atoms with Gasteiger partial charge in [0.25, 0.3) is 0 Å². The molecule has 144 valence electrons. The fourth-order valence-electron chi connectivity index (χ4n) is 2.66. The Bertz CT molecular complexity index is 928. The summed E-state index contributed by atoms with van der Waals surface area (Å²) in [5.41, 5.74) is 2.61. The molecule has 7 nitrogen and oxygen atoms in total. The van der Waals surface area contributed by atoms with Crippen molar-refractivity contribution in [3.05, 3.63) is 59.8 Å². The third kappa shape index (κ3) is 5.32. The average Bonchev–Trinajstić information content (AvgIpc) is 3.19. The summed E-state index contributed by atoms with van der Waals surface area (Å²) in [4.78, 5) is 2.14. The van der Waals surface area contributed by atoms with Gasteiger partial charge in [-0.05, 0) is 50.3 Å². The predicted molar refractivity (Wildman–Crippen MR) is 106 cm³/mol. The normalized spacial score (nSPS) is 10.6. The quantitative estimate of drug-likeness (QED) is 0.576. The second-order valence-corrected chi connectivity index (χ2v) is 6.60. The van der Waals surface area contributed by atoms with Crippen molar-refractivity contribution in [3.63, 3.8) is 0 Å². The predicted octanol–water partition coefficient (Wildman–Crippen LogP) is 3.25. The highest BCUT2D eigenvalue weighted by atomic mass is 16.5. The van der Waals surface area contributed by atoms with Crippen LogP contribution in [0.5, 0.6) is 11.5 Å². The highest BCUT2D eigenvalue weighted by Crippen LogP contribution is 2.24. The molecule has 0 aliphatic rings. The van der Waals surface area contributed by atoms with E-state index >= 15 is 0 Å². The molecule has 0 amide bonds. The summed E-state index contributed by atoms with van der Waals surface area (Å²) >= 11 is 0. The van der Waals surface area contributed by atoms with Crippen LogP contribution >= 0.6 is 0 Å². The SMILES string of the molecule is CN(C)CCCOc1ccc(COc2cccc(-c3n[nH]nc3C#N)c2)cc1. The van der Waals surface area contributed by atoms with Crippen molar-refractivity contribution in [2.45, 2.75) is 13.0 Å². The lowest BCUT2D eigenvalue weighted by Gasteiger charge is -2.11. The standard InChI is InChI=1S/C21H23N5O2/c1-26(2)11-4-12-27-18-9-7-16(8-10-18)15-28-19-6-3-5-17(13-19)21-20(14-22)23-25-24-21/h3,5-10,13H,4,11-12,15H2,1-2H3,(H,23,24,25). The zero-order valence-electron chi connectivity index (χ0n) is 16.1. The van der Waals surface area contributed by atoms with Crippen LogP contribution in [0, 0.1) is 11.3 Å². The van der Waals surface area contributed by atoms with E-state index in [-0.39, 0.29) is 5.69 Å². The Kier molecular flexibility index (Phi) is 6.60. The third-order valence-electron chi connectivity index (χ3n) is 4.11. The number of rotatable bonds is 9. The summed E-state index contributed by atoms with van der Waals surface area (Å²) in [5.74, 6) is 1.56. The minimum Gasteiger partial charge on any atom is -0.494 e. The van der Waals surface area contributed by atoms with Gasteiger partial charge in [-0.3, -0.25) is 0 Å². The summed E-state index contributed by atoms with van der Waals surface area (Å²) in [6, 6.07) is 17.4. The lowest BCUT2D eigenvalue weighted by molar-refractivity contribution is 0.281. The van der Waals surface area contributed by atoms with Gasteiger partial charge in [-0.15, -0.1) is 5.10 Å². The number of aromatic amines is 1. The van der Waals surface area contributed by atoms with Crippen molar-refractivity contribution in [2.24, 2.45) is 0 Å². The van der Waals surface area contributed by atoms with Gasteiger partial charge in [-0.1, -0.05) is 24.3 Å². The van der Waals surface area contributed by atoms with Gasteiger partial charge in [0, 0.05) is 12.1 Å². The van der Waals surface area contributed by atoms with Crippen molar-refractivity contribution in [1.29, 1.82) is 5.26 Å². The molecule has 0 atom stereocenters. The molecule has 3 rings (SSSR count). The van der Waals surface area contributed by atoms with E-state index in [1.165, 1.54) is 0 Å². The summed E-state index contributed by atoms with van der Waals surface area (Å²) in [5, 5.41) is 19.4. The summed E-state index contributed by atoms with van der Waals surface area (Å²) in [6.07, 6.45) is 0.993. The van der Waals surface area contributed by atoms with Gasteiger partial charge in [0.1, 0.15) is 29.9 Å². The zero-order valence-corrected chi connectivity index (χ0v) is 16.1. The Hall–Kier alpha value is -3.37. The molecule has 0 aliphatic carbocycles. The van der Waals surface area contributed by atoms with Crippen molar-refractivity contribution < 1.29 is 9.47 Å². The van der Waals surface area contributed by atoms with Crippen LogP contribution in [0.4, 0.5) is 0 Å². The van der Waals surface area contributed by atoms with Crippen LogP contribution in [0.1, 0.15) is 17.7 Å². The van der Waals surface area contributed by atoms with Gasteiger partial charge in [0.2, 0.25) is 0 Å². The molecule has 0 saturated carbocycles. The highest BCUT2D eigenvalue weighted by molar-refractivity contribution is 5.65. The summed E-state index contributed by atoms with van der Waals surface area (Å²) in [7, 11) is 4.11. The maximum absolute atomic E-state index is 9.09. The maximum atomic E-state index is 9.09. The first-order valence-electron chi connectivity index (χ1n) is 9.06. The molecule has 7 heteroatoms. The van der Waals surface area contributed by atoms with Gasteiger partial charge in [0.15, 0.2) is 5.69 Å². The van der Waals surface area contributed by atoms with Crippen LogP contribution in [0.2, 0.25) is 0 Å². The number of hydrogen-bond acceptors (Lipinski definition) is 6. The molecule has 1 heterocycles. The molecule has 0 radical (unpaired) electrons. The maximum Gasteiger partial charge on any atom is 0.190 e. The largest absolute Gasteiger partial charge is 0.494 e. The van der Waals surface area contributed by atoms with Crippen LogP contribution in [-0.2, 0) is 6.61 Å². The molecule has 0 saturated heterocycles. The molecular formula is C21H23N5O2. The minimum atomic E-state index is 0.262. The second-order valence-electron chi connectivity index (χ2n) is 6.60. The molecule has 1 N–H and O–H groups in total. The smallest absolute Gasteiger partial charge is 0.190 e. The number of H-pyrrole nitrogens is 1. The van der Waals surface area contributed by atoms with E-state index in [9.17, 15) is 0 Å². The van der Waals surface area contributed by atoms with E-state index in [0.29, 0.717) is 24.7 Å². The average molecular weight is 377 g/mol. The zero-order chi connectivity index (χ0) is 19.8. The summed E-state index contributed by atoms with van der Waals surface area (Å²) in [6.45, 7) is 2.15. The Morgan fingerprint density at radius 2 is 1.86 bits per heavy atom. The molecule has 1 aromatic heterocycles. The molecular weight excluding hydrogens is 354 g/mol. The van der Waals surface area contributed by atoms with Crippen LogP contribution < -0.4 is 9.47 Å². The topological polar surface area (TPSA) is 87.1 Å². The molecule has 0 bridgehead atoms. The van der Waals surface area contributed by atoms with E-state index in [1.54, 1.807) is 0 Å². The van der Waals surface area contributed by atoms with Crippen LogP contribution in [0.3, 0.4) is 0 Å². The lowest BCUT2D eigenvalue weighted by Crippen LogP contribution is -2.15. The minimum absolute atomic E-state index is 0.262. The first-order valence-corrected chi connectivity index (χ1v) is 9.06. The first kappa shape index (κ1) is 19.4. The molecule has 2 aromatic carbocycles. The first-order chi connectivity index (χ1) is 13.7. The van der Waals surface area contributed by atoms with Gasteiger partial charge in [-0.25, -0.2) is 0 Å². The molecule has 0 fully saturated rings. The van der Waals surface area contributed by atoms with E-state index in [0.717, 1.165) is 29.8 Å². The molecule has 3 aromatic rings. The number of ether oxygens (including phenoxy) is 2. The molecule has 0 spiro atoms. The Labute approximate surface area is 164 Å². The van der Waals surface area contributed by atoms with Crippen molar-refractivity contribution in [1.82, 2.24) is 20.3 Å². The number of benzene rings is 2. The van der Waals surface area contributed by atoms with Crippen LogP contribution in [0.15, 0.2) is 48.5 Å². The molecule has 0 unspecified atom stereocenters. The van der Waals surface area contributed by atoms with Gasteiger partial charge >= 0.3 is 0 Å². The van der Waals surface area contributed by atoms with Gasteiger partial charge in [0.05, 0.1) is 6.61 Å². The monoisotopic (exact) mass is 377 g/mol. The van der Waals surface area contributed by atoms with Crippen molar-refractivity contribution in [3.8, 4) is 28.8 Å². The third-order valence-corrected chi connectivity index (χ3v) is 4.11. The lowest BCUT2D eigenvalue weighted by atomic mass is 10.1. The van der Waals surface area contributed by atoms with Crippen LogP contribution in [0.25, 0.3) is 11.3 Å². The Morgan fingerprint density at radius 3 is 2.61 bits per heavy atom. The van der Waals surface area contributed by atoms with E-state index < -0.39 is 0 Å². The van der Waals surface area contributed by atoms with Crippen molar-refractivity contribution in [2.75, 3.05) is 27.2 Å². The number of nitriles is 1. The fourth-order valence-corrected chi connectivity index (χ4v) is 2.66. The van der Waals surface area contributed by atoms with E-state index in [4.69, 9.17) is 14.7 Å². The second kappa shape index (κ2) is 9.53. The Morgan fingerprint density at radius 1 is 1.04 bits per heavy atom. The van der Waals surface area contributed by atoms with Gasteiger partial charge in [-0.2, -0.15) is 15.6 Å². The summed E-state index contributed by atoms with van der Waals surface area (Å²) < 4.78 is 11.6. The molecule has 28 heavy (non-hydrogen) atoms. The Balaban J connectivity index is 1.54. The van der Waals surface area contributed by atoms with E-state index in [2.05, 4.69) is 34.4 Å². The van der Waals surface area contributed by atoms with E-state index in [1.807, 2.05) is 54.6 Å². The number of aromatic nitrogens is 3. The fraction of sp³-hybridized carbons (Fsp3) is 0.286. The van der Waals surface area contributed by atoms with Gasteiger partial charge < -0.3 is 14.4 Å². The van der Waals surface area contributed by atoms with Crippen molar-refractivity contribution >= 4 is 0 Å². The number of hydrogen-bond donors (Lipinski definition) is 1. The number of nitrogens with one attached hydrogen (secondary N) is 1.